The number of methoxy groups -OCH3 is 1. The molecule has 0 aliphatic heterocycles. The Bertz CT molecular complexity index is 712. The van der Waals surface area contributed by atoms with Gasteiger partial charge in [0, 0.05) is 18.7 Å². The van der Waals surface area contributed by atoms with Crippen molar-refractivity contribution in [3.8, 4) is 0 Å². The summed E-state index contributed by atoms with van der Waals surface area (Å²) in [7, 11) is -2.30. The number of benzene rings is 1. The third-order valence-electron chi connectivity index (χ3n) is 4.41. The second-order valence-electron chi connectivity index (χ2n) is 5.97. The molecule has 0 saturated carbocycles. The van der Waals surface area contributed by atoms with Gasteiger partial charge in [0.15, 0.2) is 0 Å². The molecular weight excluding hydrogens is 356 g/mol. The van der Waals surface area contributed by atoms with Crippen LogP contribution in [0.25, 0.3) is 0 Å². The van der Waals surface area contributed by atoms with Crippen molar-refractivity contribution in [3.05, 3.63) is 29.8 Å². The molecule has 0 spiro atoms. The molecule has 26 heavy (non-hydrogen) atoms. The number of nitrogens with zero attached hydrogens (tertiary/aromatic N) is 1. The normalized spacial score (nSPS) is 13.9. The Labute approximate surface area is 155 Å². The van der Waals surface area contributed by atoms with E-state index in [1.807, 2.05) is 13.8 Å². The number of rotatable bonds is 9. The molecule has 0 heterocycles. The van der Waals surface area contributed by atoms with Gasteiger partial charge in [-0.15, -0.1) is 0 Å². The van der Waals surface area contributed by atoms with Gasteiger partial charge in [0.1, 0.15) is 6.04 Å². The van der Waals surface area contributed by atoms with E-state index < -0.39 is 27.9 Å². The summed E-state index contributed by atoms with van der Waals surface area (Å²) in [5.74, 6) is -1.05. The fraction of sp³-hybridized carbons (Fsp3) is 0.556. The lowest BCUT2D eigenvalue weighted by molar-refractivity contribution is -0.144. The van der Waals surface area contributed by atoms with Gasteiger partial charge < -0.3 is 10.1 Å². The van der Waals surface area contributed by atoms with E-state index in [0.717, 1.165) is 0 Å². The zero-order chi connectivity index (χ0) is 19.9. The van der Waals surface area contributed by atoms with Crippen molar-refractivity contribution in [1.82, 2.24) is 9.62 Å². The maximum atomic E-state index is 12.5. The quantitative estimate of drug-likeness (QED) is 0.658. The Balaban J connectivity index is 3.00. The maximum Gasteiger partial charge on any atom is 0.328 e. The van der Waals surface area contributed by atoms with E-state index in [9.17, 15) is 18.0 Å². The number of nitrogens with one attached hydrogen (secondary N) is 1. The molecule has 0 aliphatic rings. The highest BCUT2D eigenvalue weighted by Gasteiger charge is 2.27. The van der Waals surface area contributed by atoms with Gasteiger partial charge in [-0.2, -0.15) is 4.31 Å². The molecule has 1 aromatic carbocycles. The molecule has 2 atom stereocenters. The minimum absolute atomic E-state index is 0.0892. The molecule has 8 heteroatoms. The van der Waals surface area contributed by atoms with Crippen LogP contribution in [0.1, 0.15) is 44.5 Å². The Morgan fingerprint density at radius 1 is 1.12 bits per heavy atom. The summed E-state index contributed by atoms with van der Waals surface area (Å²) in [6, 6.07) is 4.93. The van der Waals surface area contributed by atoms with Crippen LogP contribution < -0.4 is 5.32 Å². The van der Waals surface area contributed by atoms with Crippen molar-refractivity contribution >= 4 is 21.9 Å². The number of carbonyl (C=O) groups is 2. The second-order valence-corrected chi connectivity index (χ2v) is 7.91. The summed E-state index contributed by atoms with van der Waals surface area (Å²) >= 11 is 0. The summed E-state index contributed by atoms with van der Waals surface area (Å²) in [6.45, 7) is 8.05. The molecule has 1 rings (SSSR count). The summed E-state index contributed by atoms with van der Waals surface area (Å²) in [6.07, 6.45) is 0.696. The van der Waals surface area contributed by atoms with Gasteiger partial charge in [-0.3, -0.25) is 4.79 Å². The lowest BCUT2D eigenvalue weighted by atomic mass is 9.99. The van der Waals surface area contributed by atoms with Crippen molar-refractivity contribution < 1.29 is 22.7 Å². The molecule has 1 N–H and O–H groups in total. The molecule has 7 nitrogen and oxygen atoms in total. The van der Waals surface area contributed by atoms with Crippen LogP contribution in [0.2, 0.25) is 0 Å². The SMILES string of the molecule is CC[C@@H](C)[C@H](NC(=O)c1ccc(S(=O)(=O)N(CC)CC)cc1)C(=O)OC. The van der Waals surface area contributed by atoms with Crippen molar-refractivity contribution in [2.45, 2.75) is 45.1 Å². The van der Waals surface area contributed by atoms with Gasteiger partial charge in [-0.25, -0.2) is 13.2 Å². The van der Waals surface area contributed by atoms with Gasteiger partial charge >= 0.3 is 5.97 Å². The number of esters is 1. The average Bonchev–Trinajstić information content (AvgIpc) is 2.65. The molecule has 0 unspecified atom stereocenters. The first kappa shape index (κ1) is 22.1. The average molecular weight is 384 g/mol. The first-order valence-corrected chi connectivity index (χ1v) is 10.2. The number of hydrogen-bond donors (Lipinski definition) is 1. The molecule has 0 aliphatic carbocycles. The fourth-order valence-electron chi connectivity index (χ4n) is 2.51. The Morgan fingerprint density at radius 3 is 2.08 bits per heavy atom. The van der Waals surface area contributed by atoms with E-state index in [1.54, 1.807) is 13.8 Å². The lowest BCUT2D eigenvalue weighted by Gasteiger charge is -2.22. The van der Waals surface area contributed by atoms with Crippen LogP contribution in [-0.4, -0.2) is 50.8 Å². The smallest absolute Gasteiger partial charge is 0.328 e. The Kier molecular flexibility index (Phi) is 8.23. The van der Waals surface area contributed by atoms with Crippen LogP contribution >= 0.6 is 0 Å². The molecule has 0 radical (unpaired) electrons. The minimum Gasteiger partial charge on any atom is -0.467 e. The summed E-state index contributed by atoms with van der Waals surface area (Å²) in [4.78, 5) is 24.4. The topological polar surface area (TPSA) is 92.8 Å². The zero-order valence-electron chi connectivity index (χ0n) is 16.0. The molecule has 1 aromatic rings. The zero-order valence-corrected chi connectivity index (χ0v) is 16.8. The van der Waals surface area contributed by atoms with Crippen molar-refractivity contribution in [2.24, 2.45) is 5.92 Å². The highest BCUT2D eigenvalue weighted by Crippen LogP contribution is 2.17. The van der Waals surface area contributed by atoms with Crippen LogP contribution in [0.3, 0.4) is 0 Å². The van der Waals surface area contributed by atoms with Crippen molar-refractivity contribution in [1.29, 1.82) is 0 Å². The predicted octanol–water partition coefficient (Wildman–Crippen LogP) is 2.03. The number of amides is 1. The van der Waals surface area contributed by atoms with Gasteiger partial charge in [0.05, 0.1) is 12.0 Å². The van der Waals surface area contributed by atoms with Crippen molar-refractivity contribution in [2.75, 3.05) is 20.2 Å². The number of ether oxygens (including phenoxy) is 1. The predicted molar refractivity (Wildman–Crippen MR) is 99.3 cm³/mol. The standard InChI is InChI=1S/C18H28N2O5S/c1-6-13(4)16(18(22)25-5)19-17(21)14-9-11-15(12-10-14)26(23,24)20(7-2)8-3/h9-13,16H,6-8H2,1-5H3,(H,19,21)/t13-,16+/m1/s1. The van der Waals surface area contributed by atoms with Gasteiger partial charge in [0.2, 0.25) is 10.0 Å². The maximum absolute atomic E-state index is 12.5. The first-order chi connectivity index (χ1) is 12.2. The Hall–Kier alpha value is -1.93. The number of hydrogen-bond acceptors (Lipinski definition) is 5. The second kappa shape index (κ2) is 9.68. The van der Waals surface area contributed by atoms with Crippen molar-refractivity contribution in [3.63, 3.8) is 0 Å². The van der Waals surface area contributed by atoms with Crippen LogP contribution in [0.5, 0.6) is 0 Å². The molecule has 0 saturated heterocycles. The molecule has 1 amide bonds. The van der Waals surface area contributed by atoms with Gasteiger partial charge in [-0.1, -0.05) is 34.1 Å². The summed E-state index contributed by atoms with van der Waals surface area (Å²) < 4.78 is 31.0. The third-order valence-corrected chi connectivity index (χ3v) is 6.48. The fourth-order valence-corrected chi connectivity index (χ4v) is 3.97. The van der Waals surface area contributed by atoms with E-state index in [0.29, 0.717) is 19.5 Å². The molecule has 0 aromatic heterocycles. The van der Waals surface area contributed by atoms with E-state index in [4.69, 9.17) is 4.74 Å². The van der Waals surface area contributed by atoms with Crippen LogP contribution in [0.4, 0.5) is 0 Å². The van der Waals surface area contributed by atoms with Gasteiger partial charge in [-0.05, 0) is 30.2 Å². The number of sulfonamides is 1. The highest BCUT2D eigenvalue weighted by molar-refractivity contribution is 7.89. The molecule has 146 valence electrons. The van der Waals surface area contributed by atoms with E-state index >= 15 is 0 Å². The van der Waals surface area contributed by atoms with E-state index in [2.05, 4.69) is 5.32 Å². The van der Waals surface area contributed by atoms with Crippen LogP contribution in [0, 0.1) is 5.92 Å². The van der Waals surface area contributed by atoms with E-state index in [1.165, 1.54) is 35.7 Å². The monoisotopic (exact) mass is 384 g/mol. The van der Waals surface area contributed by atoms with Crippen LogP contribution in [-0.2, 0) is 19.6 Å². The van der Waals surface area contributed by atoms with Gasteiger partial charge in [0.25, 0.3) is 5.91 Å². The molecular formula is C18H28N2O5S. The number of carbonyl (C=O) groups excluding carboxylic acids is 2. The highest BCUT2D eigenvalue weighted by atomic mass is 32.2. The lowest BCUT2D eigenvalue weighted by Crippen LogP contribution is -2.45. The molecule has 0 fully saturated rings. The van der Waals surface area contributed by atoms with Crippen LogP contribution in [0.15, 0.2) is 29.2 Å². The Morgan fingerprint density at radius 2 is 1.65 bits per heavy atom. The minimum atomic E-state index is -3.57. The summed E-state index contributed by atoms with van der Waals surface area (Å²) in [5, 5.41) is 2.66. The third kappa shape index (κ3) is 5.04. The first-order valence-electron chi connectivity index (χ1n) is 8.71. The summed E-state index contributed by atoms with van der Waals surface area (Å²) in [5.41, 5.74) is 0.278. The van der Waals surface area contributed by atoms with E-state index in [-0.39, 0.29) is 16.4 Å². The molecule has 0 bridgehead atoms. The largest absolute Gasteiger partial charge is 0.467 e.